The highest BCUT2D eigenvalue weighted by Crippen LogP contribution is 2.24. The van der Waals surface area contributed by atoms with Crippen molar-refractivity contribution in [1.82, 2.24) is 24.6 Å². The van der Waals surface area contributed by atoms with Gasteiger partial charge in [-0.3, -0.25) is 4.79 Å². The van der Waals surface area contributed by atoms with E-state index in [0.717, 1.165) is 18.1 Å². The molecule has 1 aliphatic rings. The molecule has 3 heterocycles. The van der Waals surface area contributed by atoms with E-state index in [0.29, 0.717) is 24.6 Å². The Labute approximate surface area is 151 Å². The molecule has 0 saturated carbocycles. The summed E-state index contributed by atoms with van der Waals surface area (Å²) in [6, 6.07) is 15.4. The number of fused-ring (bicyclic) bond motifs is 1. The van der Waals surface area contributed by atoms with Gasteiger partial charge in [0, 0.05) is 13.0 Å². The second kappa shape index (κ2) is 6.59. The first-order valence-electron chi connectivity index (χ1n) is 8.60. The van der Waals surface area contributed by atoms with Crippen molar-refractivity contribution >= 4 is 11.7 Å². The molecule has 0 saturated heterocycles. The van der Waals surface area contributed by atoms with Crippen molar-refractivity contribution in [2.45, 2.75) is 25.9 Å². The van der Waals surface area contributed by atoms with E-state index in [1.807, 2.05) is 18.2 Å². The summed E-state index contributed by atoms with van der Waals surface area (Å²) >= 11 is 0. The lowest BCUT2D eigenvalue weighted by molar-refractivity contribution is 0.0674. The van der Waals surface area contributed by atoms with Gasteiger partial charge in [-0.1, -0.05) is 36.4 Å². The molecule has 2 N–H and O–H groups in total. The molecule has 26 heavy (non-hydrogen) atoms. The molecule has 0 aliphatic carbocycles. The van der Waals surface area contributed by atoms with Crippen LogP contribution in [0, 0.1) is 0 Å². The number of hydrogen-bond donors (Lipinski definition) is 1. The largest absolute Gasteiger partial charge is 0.384 e. The van der Waals surface area contributed by atoms with Crippen LogP contribution in [0.25, 0.3) is 0 Å². The molecule has 3 aromatic rings. The van der Waals surface area contributed by atoms with Crippen molar-refractivity contribution in [2.75, 3.05) is 12.3 Å². The Morgan fingerprint density at radius 1 is 1.15 bits per heavy atom. The zero-order valence-corrected chi connectivity index (χ0v) is 14.5. The number of hydrogen-bond acceptors (Lipinski definition) is 5. The van der Waals surface area contributed by atoms with Gasteiger partial charge in [0.25, 0.3) is 5.91 Å². The highest BCUT2D eigenvalue weighted by molar-refractivity contribution is 5.92. The van der Waals surface area contributed by atoms with Crippen molar-refractivity contribution in [3.63, 3.8) is 0 Å². The van der Waals surface area contributed by atoms with Crippen LogP contribution in [-0.2, 0) is 13.0 Å². The summed E-state index contributed by atoms with van der Waals surface area (Å²) < 4.78 is 2.14. The number of anilines is 1. The fraction of sp³-hybridized carbons (Fsp3) is 0.263. The van der Waals surface area contributed by atoms with E-state index < -0.39 is 0 Å². The normalized spacial score (nSPS) is 16.3. The van der Waals surface area contributed by atoms with Crippen LogP contribution in [-0.4, -0.2) is 37.1 Å². The number of aromatic nitrogens is 4. The van der Waals surface area contributed by atoms with Crippen LogP contribution in [0.4, 0.5) is 5.82 Å². The van der Waals surface area contributed by atoms with Gasteiger partial charge in [-0.2, -0.15) is 0 Å². The standard InChI is InChI=1S/C19H20N6O/c1-13-11-24(19(26)15-8-5-9-16(20)21-15)12-18-23-22-17(25(13)18)10-14-6-3-2-4-7-14/h2-9,13H,10-12H2,1H3,(H2,20,21)/t13-/m0/s1. The maximum Gasteiger partial charge on any atom is 0.273 e. The number of benzene rings is 1. The Balaban J connectivity index is 1.57. The summed E-state index contributed by atoms with van der Waals surface area (Å²) in [6.07, 6.45) is 0.725. The fourth-order valence-electron chi connectivity index (χ4n) is 3.40. The van der Waals surface area contributed by atoms with Crippen LogP contribution >= 0.6 is 0 Å². The number of rotatable bonds is 3. The van der Waals surface area contributed by atoms with Gasteiger partial charge >= 0.3 is 0 Å². The summed E-state index contributed by atoms with van der Waals surface area (Å²) in [7, 11) is 0. The number of carbonyl (C=O) groups is 1. The zero-order chi connectivity index (χ0) is 18.1. The quantitative estimate of drug-likeness (QED) is 0.782. The van der Waals surface area contributed by atoms with Crippen LogP contribution in [0.5, 0.6) is 0 Å². The van der Waals surface area contributed by atoms with Crippen LogP contribution in [0.15, 0.2) is 48.5 Å². The number of nitrogens with zero attached hydrogens (tertiary/aromatic N) is 5. The minimum absolute atomic E-state index is 0.0949. The molecule has 7 nitrogen and oxygen atoms in total. The second-order valence-corrected chi connectivity index (χ2v) is 6.55. The highest BCUT2D eigenvalue weighted by Gasteiger charge is 2.30. The summed E-state index contributed by atoms with van der Waals surface area (Å²) in [5.74, 6) is 1.93. The summed E-state index contributed by atoms with van der Waals surface area (Å²) in [5.41, 5.74) is 7.25. The molecular weight excluding hydrogens is 328 g/mol. The van der Waals surface area contributed by atoms with E-state index in [4.69, 9.17) is 5.73 Å². The molecule has 1 aliphatic heterocycles. The van der Waals surface area contributed by atoms with E-state index in [-0.39, 0.29) is 11.9 Å². The van der Waals surface area contributed by atoms with Gasteiger partial charge in [-0.15, -0.1) is 10.2 Å². The molecule has 7 heteroatoms. The van der Waals surface area contributed by atoms with E-state index in [9.17, 15) is 4.79 Å². The smallest absolute Gasteiger partial charge is 0.273 e. The maximum absolute atomic E-state index is 12.8. The Hall–Kier alpha value is -3.22. The maximum atomic E-state index is 12.8. The molecule has 0 bridgehead atoms. The van der Waals surface area contributed by atoms with Gasteiger partial charge in [0.2, 0.25) is 0 Å². The van der Waals surface area contributed by atoms with Gasteiger partial charge in [0.1, 0.15) is 17.3 Å². The number of nitrogen functional groups attached to an aromatic ring is 1. The lowest BCUT2D eigenvalue weighted by Gasteiger charge is -2.32. The number of carbonyl (C=O) groups excluding carboxylic acids is 1. The molecule has 2 aromatic heterocycles. The average molecular weight is 348 g/mol. The summed E-state index contributed by atoms with van der Waals surface area (Å²) in [4.78, 5) is 18.6. The van der Waals surface area contributed by atoms with E-state index in [1.54, 1.807) is 23.1 Å². The van der Waals surface area contributed by atoms with E-state index in [2.05, 4.69) is 38.8 Å². The van der Waals surface area contributed by atoms with Crippen LogP contribution in [0.3, 0.4) is 0 Å². The molecule has 1 atom stereocenters. The predicted octanol–water partition coefficient (Wildman–Crippen LogP) is 2.06. The molecular formula is C19H20N6O. The molecule has 0 spiro atoms. The fourth-order valence-corrected chi connectivity index (χ4v) is 3.40. The number of nitrogens with two attached hydrogens (primary N) is 1. The molecule has 1 amide bonds. The van der Waals surface area contributed by atoms with Gasteiger partial charge in [-0.25, -0.2) is 4.98 Å². The Morgan fingerprint density at radius 3 is 2.73 bits per heavy atom. The van der Waals surface area contributed by atoms with Crippen molar-refractivity contribution in [3.8, 4) is 0 Å². The molecule has 0 fully saturated rings. The first-order valence-corrected chi connectivity index (χ1v) is 8.60. The Bertz CT molecular complexity index is 936. The topological polar surface area (TPSA) is 89.9 Å². The minimum atomic E-state index is -0.136. The molecule has 1 aromatic carbocycles. The molecule has 4 rings (SSSR count). The third kappa shape index (κ3) is 3.03. The summed E-state index contributed by atoms with van der Waals surface area (Å²) in [6.45, 7) is 3.08. The number of amides is 1. The van der Waals surface area contributed by atoms with Crippen LogP contribution in [0.2, 0.25) is 0 Å². The average Bonchev–Trinajstić information content (AvgIpc) is 3.05. The molecule has 132 valence electrons. The summed E-state index contributed by atoms with van der Waals surface area (Å²) in [5, 5.41) is 8.68. The highest BCUT2D eigenvalue weighted by atomic mass is 16.2. The first kappa shape index (κ1) is 16.3. The lowest BCUT2D eigenvalue weighted by atomic mass is 10.1. The monoisotopic (exact) mass is 348 g/mol. The third-order valence-corrected chi connectivity index (χ3v) is 4.58. The SMILES string of the molecule is C[C@H]1CN(C(=O)c2cccc(N)n2)Cc2nnc(Cc3ccccc3)n21. The van der Waals surface area contributed by atoms with Crippen LogP contribution in [0.1, 0.15) is 40.7 Å². The van der Waals surface area contributed by atoms with E-state index >= 15 is 0 Å². The third-order valence-electron chi connectivity index (χ3n) is 4.58. The van der Waals surface area contributed by atoms with E-state index in [1.165, 1.54) is 5.56 Å². The van der Waals surface area contributed by atoms with Crippen molar-refractivity contribution < 1.29 is 4.79 Å². The Morgan fingerprint density at radius 2 is 1.96 bits per heavy atom. The van der Waals surface area contributed by atoms with Gasteiger partial charge in [-0.05, 0) is 24.6 Å². The zero-order valence-electron chi connectivity index (χ0n) is 14.5. The Kier molecular flexibility index (Phi) is 4.12. The van der Waals surface area contributed by atoms with Gasteiger partial charge < -0.3 is 15.2 Å². The first-order chi connectivity index (χ1) is 12.6. The minimum Gasteiger partial charge on any atom is -0.384 e. The molecule has 0 unspecified atom stereocenters. The number of pyridine rings is 1. The van der Waals surface area contributed by atoms with Crippen molar-refractivity contribution in [2.24, 2.45) is 0 Å². The predicted molar refractivity (Wildman–Crippen MR) is 97.4 cm³/mol. The van der Waals surface area contributed by atoms with Crippen molar-refractivity contribution in [1.29, 1.82) is 0 Å². The van der Waals surface area contributed by atoms with Crippen LogP contribution < -0.4 is 5.73 Å². The van der Waals surface area contributed by atoms with Crippen molar-refractivity contribution in [3.05, 3.63) is 71.4 Å². The lowest BCUT2D eigenvalue weighted by Crippen LogP contribution is -2.41. The van der Waals surface area contributed by atoms with Gasteiger partial charge in [0.15, 0.2) is 5.82 Å². The second-order valence-electron chi connectivity index (χ2n) is 6.55. The van der Waals surface area contributed by atoms with Gasteiger partial charge in [0.05, 0.1) is 12.6 Å². The molecule has 0 radical (unpaired) electrons.